The van der Waals surface area contributed by atoms with Crippen LogP contribution in [0.15, 0.2) is 35.2 Å². The molecule has 4 N–H and O–H groups in total. The van der Waals surface area contributed by atoms with E-state index in [0.29, 0.717) is 16.0 Å². The minimum absolute atomic E-state index is 0.161. The van der Waals surface area contributed by atoms with Gasteiger partial charge in [0, 0.05) is 21.7 Å². The van der Waals surface area contributed by atoms with E-state index in [1.54, 1.807) is 24.3 Å². The van der Waals surface area contributed by atoms with Gasteiger partial charge in [-0.15, -0.1) is 12.6 Å². The minimum atomic E-state index is -0.287. The molecule has 0 saturated carbocycles. The van der Waals surface area contributed by atoms with Gasteiger partial charge in [0.2, 0.25) is 0 Å². The third kappa shape index (κ3) is 1.48. The Morgan fingerprint density at radius 2 is 1.42 bits per heavy atom. The Hall–Kier alpha value is -2.27. The van der Waals surface area contributed by atoms with Crippen molar-refractivity contribution in [3.8, 4) is 0 Å². The second-order valence-corrected chi connectivity index (χ2v) is 4.83. The van der Waals surface area contributed by atoms with Crippen LogP contribution in [0, 0.1) is 0 Å². The van der Waals surface area contributed by atoms with E-state index in [-0.39, 0.29) is 34.1 Å². The largest absolute Gasteiger partial charge is 0.398 e. The summed E-state index contributed by atoms with van der Waals surface area (Å²) in [6.07, 6.45) is 0. The Morgan fingerprint density at radius 3 is 2.00 bits per heavy atom. The summed E-state index contributed by atoms with van der Waals surface area (Å²) >= 11 is 4.17. The number of anilines is 2. The Kier molecular flexibility index (Phi) is 2.40. The van der Waals surface area contributed by atoms with E-state index in [1.807, 2.05) is 0 Å². The molecule has 19 heavy (non-hydrogen) atoms. The molecule has 2 aromatic carbocycles. The fourth-order valence-corrected chi connectivity index (χ4v) is 2.58. The number of rotatable bonds is 0. The van der Waals surface area contributed by atoms with Crippen LogP contribution in [0.5, 0.6) is 0 Å². The molecule has 0 bridgehead atoms. The third-order valence-electron chi connectivity index (χ3n) is 3.25. The molecule has 94 valence electrons. The van der Waals surface area contributed by atoms with Crippen LogP contribution in [-0.2, 0) is 0 Å². The van der Waals surface area contributed by atoms with Crippen molar-refractivity contribution in [1.29, 1.82) is 0 Å². The zero-order valence-corrected chi connectivity index (χ0v) is 10.7. The maximum Gasteiger partial charge on any atom is 0.196 e. The summed E-state index contributed by atoms with van der Waals surface area (Å²) in [6, 6.07) is 8.14. The summed E-state index contributed by atoms with van der Waals surface area (Å²) in [7, 11) is 0. The van der Waals surface area contributed by atoms with Gasteiger partial charge in [0.15, 0.2) is 11.6 Å². The van der Waals surface area contributed by atoms with Crippen molar-refractivity contribution in [3.63, 3.8) is 0 Å². The molecule has 0 heterocycles. The first-order chi connectivity index (χ1) is 9.02. The molecule has 0 amide bonds. The van der Waals surface area contributed by atoms with Crippen LogP contribution in [-0.4, -0.2) is 11.6 Å². The summed E-state index contributed by atoms with van der Waals surface area (Å²) in [5, 5.41) is 0. The molecular weight excluding hydrogens is 260 g/mol. The number of benzene rings is 2. The average molecular weight is 270 g/mol. The topological polar surface area (TPSA) is 86.2 Å². The van der Waals surface area contributed by atoms with E-state index < -0.39 is 0 Å². The number of fused-ring (bicyclic) bond motifs is 2. The predicted molar refractivity (Wildman–Crippen MR) is 75.8 cm³/mol. The number of ketones is 2. The van der Waals surface area contributed by atoms with Gasteiger partial charge in [-0.3, -0.25) is 9.59 Å². The second kappa shape index (κ2) is 3.86. The highest BCUT2D eigenvalue weighted by Crippen LogP contribution is 2.37. The third-order valence-corrected chi connectivity index (χ3v) is 3.62. The van der Waals surface area contributed by atoms with Crippen molar-refractivity contribution in [2.45, 2.75) is 4.90 Å². The number of hydrogen-bond donors (Lipinski definition) is 3. The van der Waals surface area contributed by atoms with Crippen molar-refractivity contribution < 1.29 is 9.59 Å². The minimum Gasteiger partial charge on any atom is -0.398 e. The number of carbonyl (C=O) groups excluding carboxylic acids is 2. The normalized spacial score (nSPS) is 13.1. The van der Waals surface area contributed by atoms with Crippen molar-refractivity contribution >= 4 is 35.6 Å². The van der Waals surface area contributed by atoms with E-state index in [9.17, 15) is 9.59 Å². The highest BCUT2D eigenvalue weighted by molar-refractivity contribution is 7.80. The maximum atomic E-state index is 12.5. The molecule has 4 nitrogen and oxygen atoms in total. The Bertz CT molecular complexity index is 753. The smallest absolute Gasteiger partial charge is 0.196 e. The Labute approximate surface area is 114 Å². The first kappa shape index (κ1) is 11.8. The van der Waals surface area contributed by atoms with Crippen LogP contribution >= 0.6 is 12.6 Å². The number of nitrogen functional groups attached to an aromatic ring is 2. The summed E-state index contributed by atoms with van der Waals surface area (Å²) in [5.74, 6) is -0.562. The first-order valence-electron chi connectivity index (χ1n) is 5.61. The van der Waals surface area contributed by atoms with E-state index in [4.69, 9.17) is 11.5 Å². The van der Waals surface area contributed by atoms with Gasteiger partial charge in [0.1, 0.15) is 0 Å². The van der Waals surface area contributed by atoms with E-state index in [0.717, 1.165) is 0 Å². The quantitative estimate of drug-likeness (QED) is 0.430. The van der Waals surface area contributed by atoms with Crippen LogP contribution in [0.2, 0.25) is 0 Å². The monoisotopic (exact) mass is 270 g/mol. The molecule has 0 radical (unpaired) electrons. The van der Waals surface area contributed by atoms with E-state index in [2.05, 4.69) is 12.6 Å². The van der Waals surface area contributed by atoms with Gasteiger partial charge in [-0.25, -0.2) is 0 Å². The lowest BCUT2D eigenvalue weighted by Crippen LogP contribution is -2.24. The standard InChI is InChI=1S/C14H10N2O2S/c15-8-5-9(19)12(16)11-10(8)13(17)6-3-1-2-4-7(6)14(11)18/h1-5,19H,15-16H2. The second-order valence-electron chi connectivity index (χ2n) is 4.35. The molecule has 5 heteroatoms. The SMILES string of the molecule is Nc1cc(S)c(N)c2c1C(=O)c1ccccc1C2=O. The molecule has 2 aromatic rings. The van der Waals surface area contributed by atoms with Crippen LogP contribution in [0.1, 0.15) is 31.8 Å². The lowest BCUT2D eigenvalue weighted by atomic mass is 9.82. The number of nitrogens with two attached hydrogens (primary N) is 2. The fourth-order valence-electron chi connectivity index (χ4n) is 2.33. The van der Waals surface area contributed by atoms with Crippen LogP contribution in [0.3, 0.4) is 0 Å². The lowest BCUT2D eigenvalue weighted by molar-refractivity contribution is 0.0980. The van der Waals surface area contributed by atoms with Gasteiger partial charge in [-0.1, -0.05) is 24.3 Å². The lowest BCUT2D eigenvalue weighted by Gasteiger charge is -2.21. The van der Waals surface area contributed by atoms with Crippen molar-refractivity contribution in [2.75, 3.05) is 11.5 Å². The van der Waals surface area contributed by atoms with Crippen LogP contribution < -0.4 is 11.5 Å². The molecule has 0 spiro atoms. The van der Waals surface area contributed by atoms with Crippen LogP contribution in [0.4, 0.5) is 11.4 Å². The maximum absolute atomic E-state index is 12.5. The van der Waals surface area contributed by atoms with E-state index >= 15 is 0 Å². The molecule has 3 rings (SSSR count). The first-order valence-corrected chi connectivity index (χ1v) is 6.06. The molecule has 0 aromatic heterocycles. The molecule has 0 fully saturated rings. The molecule has 1 aliphatic carbocycles. The predicted octanol–water partition coefficient (Wildman–Crippen LogP) is 1.92. The van der Waals surface area contributed by atoms with Gasteiger partial charge < -0.3 is 11.5 Å². The van der Waals surface area contributed by atoms with E-state index in [1.165, 1.54) is 6.07 Å². The summed E-state index contributed by atoms with van der Waals surface area (Å²) in [4.78, 5) is 25.3. The zero-order chi connectivity index (χ0) is 13.7. The molecule has 0 atom stereocenters. The molecule has 0 unspecified atom stereocenters. The van der Waals surface area contributed by atoms with Gasteiger partial charge >= 0.3 is 0 Å². The van der Waals surface area contributed by atoms with Gasteiger partial charge in [-0.2, -0.15) is 0 Å². The summed E-state index contributed by atoms with van der Waals surface area (Å²) in [5.41, 5.74) is 13.2. The van der Waals surface area contributed by atoms with Gasteiger partial charge in [-0.05, 0) is 6.07 Å². The van der Waals surface area contributed by atoms with Gasteiger partial charge in [0.25, 0.3) is 0 Å². The molecule has 0 saturated heterocycles. The average Bonchev–Trinajstić information content (AvgIpc) is 2.40. The highest BCUT2D eigenvalue weighted by atomic mass is 32.1. The fraction of sp³-hybridized carbons (Fsp3) is 0. The zero-order valence-electron chi connectivity index (χ0n) is 9.81. The number of hydrogen-bond acceptors (Lipinski definition) is 5. The van der Waals surface area contributed by atoms with Gasteiger partial charge in [0.05, 0.1) is 16.8 Å². The van der Waals surface area contributed by atoms with Crippen molar-refractivity contribution in [1.82, 2.24) is 0 Å². The van der Waals surface area contributed by atoms with Crippen molar-refractivity contribution in [2.24, 2.45) is 0 Å². The summed E-state index contributed by atoms with van der Waals surface area (Å²) in [6.45, 7) is 0. The molecule has 1 aliphatic rings. The highest BCUT2D eigenvalue weighted by Gasteiger charge is 2.33. The number of carbonyl (C=O) groups is 2. The number of thiol groups is 1. The van der Waals surface area contributed by atoms with Crippen molar-refractivity contribution in [3.05, 3.63) is 52.6 Å². The van der Waals surface area contributed by atoms with Crippen LogP contribution in [0.25, 0.3) is 0 Å². The molecular formula is C14H10N2O2S. The summed E-state index contributed by atoms with van der Waals surface area (Å²) < 4.78 is 0. The molecule has 0 aliphatic heterocycles. The Morgan fingerprint density at radius 1 is 0.895 bits per heavy atom. The Balaban J connectivity index is 2.43.